The van der Waals surface area contributed by atoms with Crippen LogP contribution in [-0.4, -0.2) is 50.0 Å². The van der Waals surface area contributed by atoms with Crippen LogP contribution in [0.25, 0.3) is 0 Å². The molecule has 2 atom stereocenters. The summed E-state index contributed by atoms with van der Waals surface area (Å²) in [5, 5.41) is 2.85. The second kappa shape index (κ2) is 12.2. The topological polar surface area (TPSA) is 86.8 Å². The third-order valence-electron chi connectivity index (χ3n) is 5.72. The molecular weight excluding hydrogens is 495 g/mol. The van der Waals surface area contributed by atoms with E-state index < -0.39 is 40.3 Å². The number of alkyl halides is 3. The van der Waals surface area contributed by atoms with Gasteiger partial charge in [0.2, 0.25) is 21.8 Å². The maximum absolute atomic E-state index is 13.5. The standard InChI is InChI=1S/C25H32F3N3O4S/c1-5-18(3)29-24(33)22(6-2)30(16-19-11-8-7-9-12-19)23(32)17-31(36(4,34)35)21-14-10-13-20(15-21)25(26,27)28/h7-15,18,22H,5-6,16-17H2,1-4H3,(H,29,33)/t18-,22+/m1/s1. The Morgan fingerprint density at radius 3 is 2.17 bits per heavy atom. The van der Waals surface area contributed by atoms with Crippen LogP contribution >= 0.6 is 0 Å². The molecule has 11 heteroatoms. The molecule has 2 rings (SSSR count). The highest BCUT2D eigenvalue weighted by Gasteiger charge is 2.34. The number of hydrogen-bond donors (Lipinski definition) is 1. The van der Waals surface area contributed by atoms with E-state index in [0.717, 1.165) is 18.4 Å². The van der Waals surface area contributed by atoms with Crippen molar-refractivity contribution in [3.05, 3.63) is 65.7 Å². The van der Waals surface area contributed by atoms with Gasteiger partial charge in [0.15, 0.2) is 0 Å². The fourth-order valence-corrected chi connectivity index (χ4v) is 4.43. The normalized spacial score (nSPS) is 13.5. The lowest BCUT2D eigenvalue weighted by atomic mass is 10.1. The van der Waals surface area contributed by atoms with E-state index in [2.05, 4.69) is 5.32 Å². The molecule has 2 aromatic carbocycles. The molecule has 2 aromatic rings. The van der Waals surface area contributed by atoms with Gasteiger partial charge >= 0.3 is 6.18 Å². The number of amides is 2. The summed E-state index contributed by atoms with van der Waals surface area (Å²) in [6, 6.07) is 11.6. The minimum absolute atomic E-state index is 0.0201. The molecule has 0 heterocycles. The van der Waals surface area contributed by atoms with Crippen LogP contribution in [0.15, 0.2) is 54.6 Å². The largest absolute Gasteiger partial charge is 0.416 e. The molecule has 0 aromatic heterocycles. The van der Waals surface area contributed by atoms with Gasteiger partial charge in [-0.25, -0.2) is 8.42 Å². The average molecular weight is 528 g/mol. The lowest BCUT2D eigenvalue weighted by molar-refractivity contribution is -0.140. The zero-order chi connectivity index (χ0) is 27.1. The van der Waals surface area contributed by atoms with E-state index in [1.807, 2.05) is 13.8 Å². The number of nitrogens with one attached hydrogen (secondary N) is 1. The van der Waals surface area contributed by atoms with Crippen molar-refractivity contribution in [3.8, 4) is 0 Å². The van der Waals surface area contributed by atoms with Crippen molar-refractivity contribution in [1.29, 1.82) is 0 Å². The van der Waals surface area contributed by atoms with Crippen LogP contribution in [0.1, 0.15) is 44.7 Å². The summed E-state index contributed by atoms with van der Waals surface area (Å²) in [5.41, 5.74) is -0.621. The molecular formula is C25H32F3N3O4S. The molecule has 0 radical (unpaired) electrons. The zero-order valence-corrected chi connectivity index (χ0v) is 21.6. The van der Waals surface area contributed by atoms with Crippen molar-refractivity contribution < 1.29 is 31.2 Å². The van der Waals surface area contributed by atoms with Crippen LogP contribution in [0, 0.1) is 0 Å². The summed E-state index contributed by atoms with van der Waals surface area (Å²) in [5.74, 6) is -1.10. The van der Waals surface area contributed by atoms with Crippen molar-refractivity contribution in [1.82, 2.24) is 10.2 Å². The van der Waals surface area contributed by atoms with Crippen LogP contribution < -0.4 is 9.62 Å². The Bertz CT molecular complexity index is 1140. The van der Waals surface area contributed by atoms with E-state index in [-0.39, 0.29) is 30.6 Å². The van der Waals surface area contributed by atoms with Gasteiger partial charge in [-0.15, -0.1) is 0 Å². The summed E-state index contributed by atoms with van der Waals surface area (Å²) in [7, 11) is -4.14. The molecule has 0 bridgehead atoms. The third-order valence-corrected chi connectivity index (χ3v) is 6.86. The van der Waals surface area contributed by atoms with E-state index in [4.69, 9.17) is 0 Å². The first-order valence-electron chi connectivity index (χ1n) is 11.6. The highest BCUT2D eigenvalue weighted by atomic mass is 32.2. The van der Waals surface area contributed by atoms with Crippen LogP contribution in [0.5, 0.6) is 0 Å². The molecule has 1 N–H and O–H groups in total. The quantitative estimate of drug-likeness (QED) is 0.475. The monoisotopic (exact) mass is 527 g/mol. The number of rotatable bonds is 11. The molecule has 7 nitrogen and oxygen atoms in total. The first-order valence-corrected chi connectivity index (χ1v) is 13.4. The summed E-state index contributed by atoms with van der Waals surface area (Å²) in [6.07, 6.45) is -2.95. The first kappa shape index (κ1) is 29.2. The van der Waals surface area contributed by atoms with Gasteiger partial charge in [-0.1, -0.05) is 50.2 Å². The second-order valence-electron chi connectivity index (χ2n) is 8.57. The van der Waals surface area contributed by atoms with E-state index in [1.165, 1.54) is 11.0 Å². The predicted octanol–water partition coefficient (Wildman–Crippen LogP) is 4.19. The lowest BCUT2D eigenvalue weighted by Gasteiger charge is -2.33. The molecule has 0 fully saturated rings. The molecule has 0 saturated carbocycles. The Hall–Kier alpha value is -3.08. The molecule has 36 heavy (non-hydrogen) atoms. The van der Waals surface area contributed by atoms with Gasteiger partial charge in [0, 0.05) is 12.6 Å². The van der Waals surface area contributed by atoms with Crippen molar-refractivity contribution in [2.75, 3.05) is 17.1 Å². The zero-order valence-electron chi connectivity index (χ0n) is 20.7. The SMILES string of the molecule is CC[C@@H](C)NC(=O)[C@H](CC)N(Cc1ccccc1)C(=O)CN(c1cccc(C(F)(F)F)c1)S(C)(=O)=O. The van der Waals surface area contributed by atoms with Gasteiger partial charge < -0.3 is 10.2 Å². The molecule has 0 aliphatic carbocycles. The number of hydrogen-bond acceptors (Lipinski definition) is 4. The highest BCUT2D eigenvalue weighted by molar-refractivity contribution is 7.92. The van der Waals surface area contributed by atoms with E-state index in [9.17, 15) is 31.2 Å². The number of nitrogens with zero attached hydrogens (tertiary/aromatic N) is 2. The summed E-state index contributed by atoms with van der Waals surface area (Å²) in [4.78, 5) is 27.8. The van der Waals surface area contributed by atoms with Crippen LogP contribution in [0.4, 0.5) is 18.9 Å². The Balaban J connectivity index is 2.46. The Labute approximate surface area is 210 Å². The fourth-order valence-electron chi connectivity index (χ4n) is 3.59. The van der Waals surface area contributed by atoms with E-state index in [0.29, 0.717) is 22.4 Å². The van der Waals surface area contributed by atoms with Crippen molar-refractivity contribution >= 4 is 27.5 Å². The van der Waals surface area contributed by atoms with Crippen LogP contribution in [0.2, 0.25) is 0 Å². The van der Waals surface area contributed by atoms with Crippen molar-refractivity contribution in [2.24, 2.45) is 0 Å². The van der Waals surface area contributed by atoms with Gasteiger partial charge in [0.25, 0.3) is 0 Å². The maximum Gasteiger partial charge on any atom is 0.416 e. The van der Waals surface area contributed by atoms with Gasteiger partial charge in [0.05, 0.1) is 17.5 Å². The molecule has 0 aliphatic heterocycles. The van der Waals surface area contributed by atoms with Crippen molar-refractivity contribution in [3.63, 3.8) is 0 Å². The third kappa shape index (κ3) is 7.97. The van der Waals surface area contributed by atoms with E-state index in [1.54, 1.807) is 37.3 Å². The van der Waals surface area contributed by atoms with Gasteiger partial charge in [-0.05, 0) is 43.5 Å². The minimum Gasteiger partial charge on any atom is -0.352 e. The second-order valence-corrected chi connectivity index (χ2v) is 10.5. The number of carbonyl (C=O) groups excluding carboxylic acids is 2. The molecule has 2 amide bonds. The molecule has 0 saturated heterocycles. The van der Waals surface area contributed by atoms with Gasteiger partial charge in [-0.2, -0.15) is 13.2 Å². The number of carbonyl (C=O) groups is 2. The molecule has 198 valence electrons. The van der Waals surface area contributed by atoms with E-state index >= 15 is 0 Å². The summed E-state index contributed by atoms with van der Waals surface area (Å²) >= 11 is 0. The average Bonchev–Trinajstić information content (AvgIpc) is 2.81. The summed E-state index contributed by atoms with van der Waals surface area (Å²) in [6.45, 7) is 4.71. The number of benzene rings is 2. The Kier molecular flexibility index (Phi) is 9.92. The predicted molar refractivity (Wildman–Crippen MR) is 133 cm³/mol. The lowest BCUT2D eigenvalue weighted by Crippen LogP contribution is -2.53. The molecule has 0 spiro atoms. The number of anilines is 1. The van der Waals surface area contributed by atoms with Crippen LogP contribution in [-0.2, 0) is 32.3 Å². The number of sulfonamides is 1. The number of halogens is 3. The van der Waals surface area contributed by atoms with Gasteiger partial charge in [-0.3, -0.25) is 13.9 Å². The molecule has 0 aliphatic rings. The summed E-state index contributed by atoms with van der Waals surface area (Å²) < 4.78 is 65.5. The Morgan fingerprint density at radius 2 is 1.64 bits per heavy atom. The van der Waals surface area contributed by atoms with Gasteiger partial charge in [0.1, 0.15) is 12.6 Å². The first-order chi connectivity index (χ1) is 16.8. The van der Waals surface area contributed by atoms with Crippen molar-refractivity contribution in [2.45, 2.75) is 58.4 Å². The highest BCUT2D eigenvalue weighted by Crippen LogP contribution is 2.32. The maximum atomic E-state index is 13.5. The Morgan fingerprint density at radius 1 is 1.00 bits per heavy atom. The minimum atomic E-state index is -4.69. The molecule has 0 unspecified atom stereocenters. The van der Waals surface area contributed by atoms with Crippen LogP contribution in [0.3, 0.4) is 0 Å². The smallest absolute Gasteiger partial charge is 0.352 e. The fraction of sp³-hybridized carbons (Fsp3) is 0.440.